The lowest BCUT2D eigenvalue weighted by molar-refractivity contribution is 0.190. The van der Waals surface area contributed by atoms with Gasteiger partial charge in [-0.1, -0.05) is 11.6 Å². The Bertz CT molecular complexity index is 615. The molecule has 0 fully saturated rings. The maximum absolute atomic E-state index is 13.2. The summed E-state index contributed by atoms with van der Waals surface area (Å²) in [5.41, 5.74) is 0.909. The molecule has 0 heterocycles. The van der Waals surface area contributed by atoms with Gasteiger partial charge in [0.15, 0.2) is 0 Å². The Labute approximate surface area is 120 Å². The van der Waals surface area contributed by atoms with E-state index in [0.717, 1.165) is 0 Å². The second-order valence-corrected chi connectivity index (χ2v) is 4.79. The minimum Gasteiger partial charge on any atom is -0.488 e. The van der Waals surface area contributed by atoms with Crippen LogP contribution in [0.25, 0.3) is 0 Å². The van der Waals surface area contributed by atoms with E-state index >= 15 is 0 Å². The number of ether oxygens (including phenoxy) is 1. The van der Waals surface area contributed by atoms with Crippen molar-refractivity contribution in [3.05, 3.63) is 64.2 Å². The highest BCUT2D eigenvalue weighted by molar-refractivity contribution is 6.31. The Balaban J connectivity index is 2.22. The van der Waals surface area contributed by atoms with Crippen molar-refractivity contribution in [1.29, 1.82) is 0 Å². The van der Waals surface area contributed by atoms with Crippen LogP contribution in [0.15, 0.2) is 36.4 Å². The molecule has 0 aliphatic heterocycles. The summed E-state index contributed by atoms with van der Waals surface area (Å²) in [5.74, 6) is -0.696. The lowest BCUT2D eigenvalue weighted by Crippen LogP contribution is -2.02. The van der Waals surface area contributed by atoms with Crippen molar-refractivity contribution >= 4 is 11.6 Å². The van der Waals surface area contributed by atoms with Crippen molar-refractivity contribution < 1.29 is 18.6 Å². The first-order chi connectivity index (χ1) is 9.47. The zero-order chi connectivity index (χ0) is 14.7. The first-order valence-corrected chi connectivity index (χ1v) is 6.39. The molecule has 2 aromatic carbocycles. The van der Waals surface area contributed by atoms with Crippen molar-refractivity contribution in [2.75, 3.05) is 0 Å². The summed E-state index contributed by atoms with van der Waals surface area (Å²) in [6, 6.07) is 7.79. The normalized spacial score (nSPS) is 12.2. The van der Waals surface area contributed by atoms with E-state index in [0.29, 0.717) is 16.1 Å². The van der Waals surface area contributed by atoms with Gasteiger partial charge in [0, 0.05) is 22.2 Å². The van der Waals surface area contributed by atoms with E-state index in [1.165, 1.54) is 36.4 Å². The molecule has 2 nitrogen and oxygen atoms in total. The van der Waals surface area contributed by atoms with Crippen LogP contribution in [-0.4, -0.2) is 5.11 Å². The van der Waals surface area contributed by atoms with Gasteiger partial charge in [0.2, 0.25) is 0 Å². The van der Waals surface area contributed by atoms with Gasteiger partial charge in [0.05, 0.1) is 6.10 Å². The average Bonchev–Trinajstić information content (AvgIpc) is 2.39. The van der Waals surface area contributed by atoms with Gasteiger partial charge in [0.1, 0.15) is 24.0 Å². The molecule has 0 amide bonds. The van der Waals surface area contributed by atoms with Gasteiger partial charge in [0.25, 0.3) is 0 Å². The molecule has 0 radical (unpaired) electrons. The summed E-state index contributed by atoms with van der Waals surface area (Å²) >= 11 is 5.93. The van der Waals surface area contributed by atoms with Gasteiger partial charge in [-0.2, -0.15) is 0 Å². The van der Waals surface area contributed by atoms with Crippen LogP contribution in [0.5, 0.6) is 5.75 Å². The fraction of sp³-hybridized carbons (Fsp3) is 0.200. The van der Waals surface area contributed by atoms with Gasteiger partial charge in [-0.25, -0.2) is 8.78 Å². The second-order valence-electron chi connectivity index (χ2n) is 4.38. The smallest absolute Gasteiger partial charge is 0.128 e. The van der Waals surface area contributed by atoms with Crippen LogP contribution in [0.2, 0.25) is 5.02 Å². The maximum atomic E-state index is 13.2. The molecule has 1 N–H and O–H groups in total. The highest BCUT2D eigenvalue weighted by atomic mass is 35.5. The largest absolute Gasteiger partial charge is 0.488 e. The number of hydrogen-bond acceptors (Lipinski definition) is 2. The molecule has 2 rings (SSSR count). The summed E-state index contributed by atoms with van der Waals surface area (Å²) in [5, 5.41) is 9.97. The summed E-state index contributed by atoms with van der Waals surface area (Å²) < 4.78 is 31.8. The summed E-state index contributed by atoms with van der Waals surface area (Å²) in [6.07, 6.45) is -0.798. The first-order valence-electron chi connectivity index (χ1n) is 6.01. The molecule has 0 aliphatic carbocycles. The van der Waals surface area contributed by atoms with Crippen molar-refractivity contribution in [3.8, 4) is 5.75 Å². The van der Waals surface area contributed by atoms with E-state index in [4.69, 9.17) is 16.3 Å². The number of halogens is 3. The molecular formula is C15H13ClF2O2. The predicted molar refractivity (Wildman–Crippen MR) is 72.8 cm³/mol. The quantitative estimate of drug-likeness (QED) is 0.914. The fourth-order valence-electron chi connectivity index (χ4n) is 1.79. The van der Waals surface area contributed by atoms with Crippen LogP contribution < -0.4 is 4.74 Å². The third-order valence-electron chi connectivity index (χ3n) is 2.82. The number of aliphatic hydroxyl groups is 1. The molecular weight excluding hydrogens is 286 g/mol. The van der Waals surface area contributed by atoms with E-state index in [1.54, 1.807) is 6.92 Å². The van der Waals surface area contributed by atoms with E-state index in [2.05, 4.69) is 0 Å². The monoisotopic (exact) mass is 298 g/mol. The molecule has 0 aromatic heterocycles. The highest BCUT2D eigenvalue weighted by Crippen LogP contribution is 2.27. The number of rotatable bonds is 4. The molecule has 0 bridgehead atoms. The van der Waals surface area contributed by atoms with Gasteiger partial charge in [-0.05, 0) is 37.3 Å². The topological polar surface area (TPSA) is 29.5 Å². The molecule has 106 valence electrons. The minimum absolute atomic E-state index is 0.0141. The zero-order valence-corrected chi connectivity index (χ0v) is 11.5. The molecule has 5 heteroatoms. The Kier molecular flexibility index (Phi) is 4.57. The number of aliphatic hydroxyl groups excluding tert-OH is 1. The third-order valence-corrected chi connectivity index (χ3v) is 3.19. The zero-order valence-electron chi connectivity index (χ0n) is 10.7. The Morgan fingerprint density at radius 3 is 2.50 bits per heavy atom. The fourth-order valence-corrected chi connectivity index (χ4v) is 1.96. The average molecular weight is 299 g/mol. The van der Waals surface area contributed by atoms with Crippen molar-refractivity contribution in [3.63, 3.8) is 0 Å². The van der Waals surface area contributed by atoms with E-state index in [1.807, 2.05) is 0 Å². The van der Waals surface area contributed by atoms with Gasteiger partial charge < -0.3 is 9.84 Å². The van der Waals surface area contributed by atoms with E-state index in [9.17, 15) is 13.9 Å². The van der Waals surface area contributed by atoms with Crippen molar-refractivity contribution in [2.45, 2.75) is 19.6 Å². The van der Waals surface area contributed by atoms with Crippen LogP contribution in [-0.2, 0) is 6.61 Å². The van der Waals surface area contributed by atoms with Crippen LogP contribution in [0.1, 0.15) is 24.2 Å². The molecule has 1 atom stereocenters. The van der Waals surface area contributed by atoms with Gasteiger partial charge >= 0.3 is 0 Å². The molecule has 0 saturated carbocycles. The minimum atomic E-state index is -0.798. The standard InChI is InChI=1S/C15H13ClF2O2/c1-9(19)13-4-2-12(18)7-15(13)20-8-10-6-11(17)3-5-14(10)16/h2-7,9,19H,8H2,1H3/t9-/m0/s1. The third kappa shape index (κ3) is 3.46. The second kappa shape index (κ2) is 6.20. The molecule has 0 unspecified atom stereocenters. The molecule has 2 aromatic rings. The molecule has 20 heavy (non-hydrogen) atoms. The molecule has 0 saturated heterocycles. The van der Waals surface area contributed by atoms with Crippen LogP contribution >= 0.6 is 11.6 Å². The highest BCUT2D eigenvalue weighted by Gasteiger charge is 2.11. The predicted octanol–water partition coefficient (Wildman–Crippen LogP) is 4.25. The lowest BCUT2D eigenvalue weighted by atomic mass is 10.1. The summed E-state index contributed by atoms with van der Waals surface area (Å²) in [6.45, 7) is 1.54. The van der Waals surface area contributed by atoms with Crippen molar-refractivity contribution in [1.82, 2.24) is 0 Å². The lowest BCUT2D eigenvalue weighted by Gasteiger charge is -2.14. The molecule has 0 aliphatic rings. The number of hydrogen-bond donors (Lipinski definition) is 1. The van der Waals surface area contributed by atoms with Crippen LogP contribution in [0.4, 0.5) is 8.78 Å². The Morgan fingerprint density at radius 2 is 1.80 bits per heavy atom. The Morgan fingerprint density at radius 1 is 1.15 bits per heavy atom. The first kappa shape index (κ1) is 14.8. The van der Waals surface area contributed by atoms with Gasteiger partial charge in [-0.15, -0.1) is 0 Å². The molecule has 0 spiro atoms. The SMILES string of the molecule is C[C@H](O)c1ccc(F)cc1OCc1cc(F)ccc1Cl. The maximum Gasteiger partial charge on any atom is 0.128 e. The summed E-state index contributed by atoms with van der Waals surface area (Å²) in [4.78, 5) is 0. The van der Waals surface area contributed by atoms with Crippen molar-refractivity contribution in [2.24, 2.45) is 0 Å². The van der Waals surface area contributed by atoms with E-state index < -0.39 is 17.7 Å². The van der Waals surface area contributed by atoms with Crippen LogP contribution in [0, 0.1) is 11.6 Å². The number of benzene rings is 2. The van der Waals surface area contributed by atoms with Crippen LogP contribution in [0.3, 0.4) is 0 Å². The Hall–Kier alpha value is -1.65. The summed E-state index contributed by atoms with van der Waals surface area (Å²) in [7, 11) is 0. The van der Waals surface area contributed by atoms with Gasteiger partial charge in [-0.3, -0.25) is 0 Å². The van der Waals surface area contributed by atoms with E-state index in [-0.39, 0.29) is 12.4 Å².